The van der Waals surface area contributed by atoms with E-state index in [1.807, 2.05) is 19.1 Å². The third-order valence-corrected chi connectivity index (χ3v) is 5.94. The summed E-state index contributed by atoms with van der Waals surface area (Å²) >= 11 is 0. The minimum Gasteiger partial charge on any atom is -0.481 e. The van der Waals surface area contributed by atoms with Crippen molar-refractivity contribution in [3.05, 3.63) is 36.5 Å². The zero-order valence-corrected chi connectivity index (χ0v) is 13.7. The van der Waals surface area contributed by atoms with E-state index in [-0.39, 0.29) is 12.3 Å². The second kappa shape index (κ2) is 5.86. The van der Waals surface area contributed by atoms with Crippen LogP contribution in [0.1, 0.15) is 33.6 Å². The minimum absolute atomic E-state index is 0.219. The SMILES string of the molecule is C=C1[C@H](C2(C(=O)O)C(C=C(F)F)C2(C)C)C[C@@H](O)[C@H]1C/C=C\C. The molecule has 2 unspecified atom stereocenters. The van der Waals surface area contributed by atoms with Crippen LogP contribution in [0.3, 0.4) is 0 Å². The van der Waals surface area contributed by atoms with Crippen molar-refractivity contribution in [2.24, 2.45) is 28.6 Å². The van der Waals surface area contributed by atoms with Crippen LogP contribution in [0.25, 0.3) is 0 Å². The van der Waals surface area contributed by atoms with Gasteiger partial charge in [-0.05, 0) is 37.2 Å². The van der Waals surface area contributed by atoms with Crippen LogP contribution in [0.5, 0.6) is 0 Å². The number of carbonyl (C=O) groups is 1. The van der Waals surface area contributed by atoms with Crippen molar-refractivity contribution < 1.29 is 23.8 Å². The van der Waals surface area contributed by atoms with Crippen molar-refractivity contribution in [3.8, 4) is 0 Å². The molecule has 0 bridgehead atoms. The highest BCUT2D eigenvalue weighted by atomic mass is 19.3. The highest BCUT2D eigenvalue weighted by molar-refractivity contribution is 5.83. The fraction of sp³-hybridized carbons (Fsp3) is 0.611. The number of carboxylic acids is 1. The molecule has 0 amide bonds. The van der Waals surface area contributed by atoms with Crippen molar-refractivity contribution in [2.75, 3.05) is 0 Å². The molecule has 0 heterocycles. The molecule has 0 radical (unpaired) electrons. The highest BCUT2D eigenvalue weighted by Crippen LogP contribution is 2.76. The molecule has 0 aliphatic heterocycles. The van der Waals surface area contributed by atoms with E-state index in [0.29, 0.717) is 12.0 Å². The molecule has 128 valence electrons. The van der Waals surface area contributed by atoms with Crippen LogP contribution in [0, 0.1) is 28.6 Å². The normalized spacial score (nSPS) is 38.8. The van der Waals surface area contributed by atoms with Crippen LogP contribution in [-0.2, 0) is 4.79 Å². The first-order chi connectivity index (χ1) is 10.6. The van der Waals surface area contributed by atoms with Gasteiger partial charge in [0.25, 0.3) is 6.08 Å². The maximum absolute atomic E-state index is 12.8. The van der Waals surface area contributed by atoms with E-state index in [0.717, 1.165) is 6.08 Å². The number of hydrogen-bond acceptors (Lipinski definition) is 2. The zero-order chi connectivity index (χ0) is 17.6. The Morgan fingerprint density at radius 2 is 2.04 bits per heavy atom. The summed E-state index contributed by atoms with van der Waals surface area (Å²) in [6.45, 7) is 9.29. The molecule has 0 spiro atoms. The van der Waals surface area contributed by atoms with Gasteiger partial charge in [0.15, 0.2) is 0 Å². The Balaban J connectivity index is 2.40. The Labute approximate surface area is 135 Å². The van der Waals surface area contributed by atoms with Gasteiger partial charge in [0.1, 0.15) is 0 Å². The smallest absolute Gasteiger partial charge is 0.311 e. The predicted molar refractivity (Wildman–Crippen MR) is 83.8 cm³/mol. The first kappa shape index (κ1) is 17.9. The molecule has 0 aromatic carbocycles. The lowest BCUT2D eigenvalue weighted by atomic mass is 9.78. The van der Waals surface area contributed by atoms with E-state index in [4.69, 9.17) is 0 Å². The minimum atomic E-state index is -1.86. The third kappa shape index (κ3) is 2.45. The summed E-state index contributed by atoms with van der Waals surface area (Å²) in [7, 11) is 0. The molecule has 5 atom stereocenters. The zero-order valence-electron chi connectivity index (χ0n) is 13.7. The molecule has 2 rings (SSSR count). The van der Waals surface area contributed by atoms with Crippen molar-refractivity contribution in [2.45, 2.75) is 39.7 Å². The number of rotatable bonds is 5. The van der Waals surface area contributed by atoms with Crippen LogP contribution < -0.4 is 0 Å². The average molecular weight is 326 g/mol. The number of aliphatic carboxylic acids is 1. The third-order valence-electron chi connectivity index (χ3n) is 5.94. The fourth-order valence-corrected chi connectivity index (χ4v) is 4.66. The number of aliphatic hydroxyl groups excluding tert-OH is 1. The van der Waals surface area contributed by atoms with Gasteiger partial charge in [-0.3, -0.25) is 4.79 Å². The lowest BCUT2D eigenvalue weighted by Gasteiger charge is -2.25. The number of hydrogen-bond donors (Lipinski definition) is 2. The average Bonchev–Trinajstić information content (AvgIpc) is 2.76. The Morgan fingerprint density at radius 3 is 2.52 bits per heavy atom. The largest absolute Gasteiger partial charge is 0.481 e. The van der Waals surface area contributed by atoms with Gasteiger partial charge in [0.05, 0.1) is 11.5 Å². The van der Waals surface area contributed by atoms with Crippen LogP contribution in [0.15, 0.2) is 36.5 Å². The molecule has 2 fully saturated rings. The summed E-state index contributed by atoms with van der Waals surface area (Å²) in [6.07, 6.45) is 2.83. The quantitative estimate of drug-likeness (QED) is 0.751. The van der Waals surface area contributed by atoms with Gasteiger partial charge in [0.2, 0.25) is 0 Å². The lowest BCUT2D eigenvalue weighted by Crippen LogP contribution is -2.30. The van der Waals surface area contributed by atoms with Gasteiger partial charge in [-0.25, -0.2) is 0 Å². The van der Waals surface area contributed by atoms with Crippen LogP contribution in [0.4, 0.5) is 8.78 Å². The highest BCUT2D eigenvalue weighted by Gasteiger charge is 2.79. The molecule has 0 aromatic heterocycles. The molecular weight excluding hydrogens is 302 g/mol. The summed E-state index contributed by atoms with van der Waals surface area (Å²) in [4.78, 5) is 12.0. The monoisotopic (exact) mass is 326 g/mol. The van der Waals surface area contributed by atoms with E-state index in [2.05, 4.69) is 6.58 Å². The summed E-state index contributed by atoms with van der Waals surface area (Å²) in [6, 6.07) is 0. The van der Waals surface area contributed by atoms with E-state index < -0.39 is 40.8 Å². The van der Waals surface area contributed by atoms with Crippen LogP contribution in [-0.4, -0.2) is 22.3 Å². The molecule has 2 aliphatic carbocycles. The maximum atomic E-state index is 12.8. The first-order valence-corrected chi connectivity index (χ1v) is 7.86. The molecule has 0 aromatic rings. The van der Waals surface area contributed by atoms with Gasteiger partial charge >= 0.3 is 5.97 Å². The molecule has 3 nitrogen and oxygen atoms in total. The summed E-state index contributed by atoms with van der Waals surface area (Å²) < 4.78 is 25.5. The number of allylic oxidation sites excluding steroid dienone is 3. The van der Waals surface area contributed by atoms with Crippen LogP contribution >= 0.6 is 0 Å². The van der Waals surface area contributed by atoms with Crippen molar-refractivity contribution in [1.82, 2.24) is 0 Å². The van der Waals surface area contributed by atoms with Gasteiger partial charge < -0.3 is 10.2 Å². The first-order valence-electron chi connectivity index (χ1n) is 7.86. The Bertz CT molecular complexity index is 575. The topological polar surface area (TPSA) is 57.5 Å². The molecule has 2 aliphatic rings. The van der Waals surface area contributed by atoms with Gasteiger partial charge in [-0.2, -0.15) is 8.78 Å². The van der Waals surface area contributed by atoms with Crippen LogP contribution in [0.2, 0.25) is 0 Å². The van der Waals surface area contributed by atoms with Crippen molar-refractivity contribution in [3.63, 3.8) is 0 Å². The predicted octanol–water partition coefficient (Wildman–Crippen LogP) is 4.01. The standard InChI is InChI=1S/C18H24F2O3/c1-5-6-7-11-10(2)12(8-13(11)21)18(16(22)23)14(9-15(19)20)17(18,3)4/h5-6,9,11-14,21H,2,7-8H2,1,3-4H3,(H,22,23)/b6-5-/t11-,12+,13+,14?,18?/m0/s1. The van der Waals surface area contributed by atoms with E-state index >= 15 is 0 Å². The number of halogens is 2. The molecular formula is C18H24F2O3. The van der Waals surface area contributed by atoms with E-state index in [9.17, 15) is 23.8 Å². The van der Waals surface area contributed by atoms with E-state index in [1.165, 1.54) is 0 Å². The second-order valence-corrected chi connectivity index (χ2v) is 7.17. The Kier molecular flexibility index (Phi) is 4.55. The van der Waals surface area contributed by atoms with E-state index in [1.54, 1.807) is 13.8 Å². The van der Waals surface area contributed by atoms with Crippen molar-refractivity contribution in [1.29, 1.82) is 0 Å². The van der Waals surface area contributed by atoms with Gasteiger partial charge in [-0.1, -0.05) is 38.2 Å². The molecule has 2 saturated carbocycles. The summed E-state index contributed by atoms with van der Waals surface area (Å²) in [5, 5.41) is 20.2. The summed E-state index contributed by atoms with van der Waals surface area (Å²) in [5.74, 6) is -2.56. The molecule has 23 heavy (non-hydrogen) atoms. The summed E-state index contributed by atoms with van der Waals surface area (Å²) in [5.41, 5.74) is -1.45. The molecule has 2 N–H and O–H groups in total. The Hall–Kier alpha value is -1.49. The number of aliphatic hydroxyl groups is 1. The van der Waals surface area contributed by atoms with Gasteiger partial charge in [-0.15, -0.1) is 0 Å². The molecule has 5 heteroatoms. The van der Waals surface area contributed by atoms with Gasteiger partial charge in [0, 0.05) is 11.8 Å². The second-order valence-electron chi connectivity index (χ2n) is 7.17. The Morgan fingerprint density at radius 1 is 1.43 bits per heavy atom. The lowest BCUT2D eigenvalue weighted by molar-refractivity contribution is -0.147. The maximum Gasteiger partial charge on any atom is 0.311 e. The van der Waals surface area contributed by atoms with Crippen molar-refractivity contribution >= 4 is 5.97 Å². The number of carboxylic acid groups (broad SMARTS) is 1. The fourth-order valence-electron chi connectivity index (χ4n) is 4.66. The molecule has 0 saturated heterocycles.